The Kier molecular flexibility index (Phi) is 8.39. The molecule has 4 aliphatic rings. The summed E-state index contributed by atoms with van der Waals surface area (Å²) in [6.45, 7) is 7.20. The number of carbonyl (C=O) groups is 4. The van der Waals surface area contributed by atoms with Crippen molar-refractivity contribution in [2.75, 3.05) is 19.8 Å². The van der Waals surface area contributed by atoms with Crippen LogP contribution in [0.2, 0.25) is 0 Å². The Bertz CT molecular complexity index is 1310. The number of likely N-dealkylation sites (tertiary alicyclic amines) is 1. The van der Waals surface area contributed by atoms with E-state index in [1.165, 1.54) is 4.90 Å². The number of allylic oxidation sites excluding steroid dienone is 1. The molecule has 0 aliphatic carbocycles. The van der Waals surface area contributed by atoms with Gasteiger partial charge in [-0.05, 0) is 45.8 Å². The van der Waals surface area contributed by atoms with Crippen LogP contribution in [0.3, 0.4) is 0 Å². The van der Waals surface area contributed by atoms with Gasteiger partial charge in [-0.2, -0.15) is 0 Å². The number of ether oxygens (including phenoxy) is 2. The number of halogens is 1. The average Bonchev–Trinajstić information content (AvgIpc) is 3.54. The highest BCUT2D eigenvalue weighted by molar-refractivity contribution is 9.11. The average molecular weight is 645 g/mol. The van der Waals surface area contributed by atoms with Crippen molar-refractivity contribution < 1.29 is 33.8 Å². The Morgan fingerprint density at radius 3 is 2.50 bits per heavy atom. The van der Waals surface area contributed by atoms with Crippen molar-refractivity contribution in [3.8, 4) is 0 Å². The summed E-state index contributed by atoms with van der Waals surface area (Å²) >= 11 is 3.57. The summed E-state index contributed by atoms with van der Waals surface area (Å²) in [5, 5.41) is 13.2. The van der Waals surface area contributed by atoms with Crippen LogP contribution >= 0.6 is 15.9 Å². The zero-order valence-corrected chi connectivity index (χ0v) is 25.9. The Morgan fingerprint density at radius 1 is 1.12 bits per heavy atom. The van der Waals surface area contributed by atoms with Gasteiger partial charge in [-0.25, -0.2) is 0 Å². The van der Waals surface area contributed by atoms with Gasteiger partial charge >= 0.3 is 5.97 Å². The molecule has 42 heavy (non-hydrogen) atoms. The second kappa shape index (κ2) is 11.6. The lowest BCUT2D eigenvalue weighted by molar-refractivity contribution is -0.153. The second-order valence-corrected chi connectivity index (χ2v) is 13.3. The molecule has 1 aromatic rings. The number of esters is 1. The van der Waals surface area contributed by atoms with Crippen molar-refractivity contribution in [3.63, 3.8) is 0 Å². The Hall–Kier alpha value is -3.02. The molecule has 1 spiro atoms. The molecule has 4 heterocycles. The van der Waals surface area contributed by atoms with E-state index in [0.717, 1.165) is 5.56 Å². The normalized spacial score (nSPS) is 33.7. The van der Waals surface area contributed by atoms with E-state index < -0.39 is 65.0 Å². The van der Waals surface area contributed by atoms with E-state index >= 15 is 0 Å². The molecule has 11 heteroatoms. The van der Waals surface area contributed by atoms with E-state index in [4.69, 9.17) is 9.47 Å². The van der Waals surface area contributed by atoms with Crippen molar-refractivity contribution in [1.29, 1.82) is 0 Å². The predicted molar refractivity (Wildman–Crippen MR) is 157 cm³/mol. The summed E-state index contributed by atoms with van der Waals surface area (Å²) in [6.07, 6.45) is 5.21. The molecule has 0 radical (unpaired) electrons. The molecule has 226 valence electrons. The van der Waals surface area contributed by atoms with Gasteiger partial charge in [-0.15, -0.1) is 0 Å². The number of fused-ring (bicyclic) bond motifs is 2. The molecule has 0 aromatic heterocycles. The van der Waals surface area contributed by atoms with Crippen molar-refractivity contribution >= 4 is 39.6 Å². The Labute approximate surface area is 254 Å². The van der Waals surface area contributed by atoms with Gasteiger partial charge in [0.2, 0.25) is 17.7 Å². The molecule has 1 aromatic carbocycles. The first-order chi connectivity index (χ1) is 19.9. The van der Waals surface area contributed by atoms with Crippen molar-refractivity contribution in [2.45, 2.75) is 75.9 Å². The monoisotopic (exact) mass is 643 g/mol. The number of benzene rings is 1. The van der Waals surface area contributed by atoms with Crippen LogP contribution in [0.15, 0.2) is 53.0 Å². The van der Waals surface area contributed by atoms with Gasteiger partial charge in [-0.3, -0.25) is 19.2 Å². The second-order valence-electron chi connectivity index (χ2n) is 12.4. The lowest BCUT2D eigenvalue weighted by Crippen LogP contribution is -2.61. The minimum Gasteiger partial charge on any atom is -0.463 e. The fourth-order valence-electron chi connectivity index (χ4n) is 6.56. The van der Waals surface area contributed by atoms with Crippen molar-refractivity contribution in [2.24, 2.45) is 11.8 Å². The summed E-state index contributed by atoms with van der Waals surface area (Å²) in [6, 6.07) is 6.73. The summed E-state index contributed by atoms with van der Waals surface area (Å²) in [7, 11) is 0. The van der Waals surface area contributed by atoms with E-state index in [1.54, 1.807) is 17.9 Å². The number of nitrogens with zero attached hydrogens (tertiary/aromatic N) is 2. The molecule has 3 amide bonds. The number of nitrogens with one attached hydrogen (secondary N) is 1. The third kappa shape index (κ3) is 5.20. The van der Waals surface area contributed by atoms with Crippen LogP contribution in [0.25, 0.3) is 0 Å². The van der Waals surface area contributed by atoms with E-state index in [-0.39, 0.29) is 32.1 Å². The molecule has 2 fully saturated rings. The molecule has 4 aliphatic heterocycles. The standard InChI is InChI=1S/C31H38BrN3O7/c1-18(16-36)35-26-29(40)34(30(2,3)4)14-10-6-9-13-22(37)41-17-21(19-11-7-5-8-12-19)33-27(38)23-24(28(35)39)31(26)15-20(32)25(23)42-31/h5-8,10-12,15,18,21,23-26,36H,9,13-14,16-17H2,1-4H3,(H,33,38)/b10-6-/t18-,21-,23-,24+,25-,26-,31+/m1/s1. The smallest absolute Gasteiger partial charge is 0.306 e. The van der Waals surface area contributed by atoms with Crippen molar-refractivity contribution in [1.82, 2.24) is 15.1 Å². The summed E-state index contributed by atoms with van der Waals surface area (Å²) in [5.74, 6) is -3.55. The molecule has 10 nitrogen and oxygen atoms in total. The number of hydrogen-bond acceptors (Lipinski definition) is 7. The molecular weight excluding hydrogens is 606 g/mol. The Balaban J connectivity index is 1.62. The van der Waals surface area contributed by atoms with Gasteiger partial charge in [0, 0.05) is 23.0 Å². The summed E-state index contributed by atoms with van der Waals surface area (Å²) in [5.41, 5.74) is -1.29. The summed E-state index contributed by atoms with van der Waals surface area (Å²) < 4.78 is 12.7. The van der Waals surface area contributed by atoms with E-state index in [1.807, 2.05) is 63.3 Å². The maximum Gasteiger partial charge on any atom is 0.306 e. The van der Waals surface area contributed by atoms with Gasteiger partial charge in [0.25, 0.3) is 0 Å². The molecule has 5 bridgehead atoms. The molecule has 7 atom stereocenters. The third-order valence-electron chi connectivity index (χ3n) is 8.61. The third-order valence-corrected chi connectivity index (χ3v) is 9.29. The highest BCUT2D eigenvalue weighted by Crippen LogP contribution is 2.59. The zero-order chi connectivity index (χ0) is 30.4. The number of aliphatic hydroxyl groups is 1. The van der Waals surface area contributed by atoms with Gasteiger partial charge in [0.05, 0.1) is 30.5 Å². The van der Waals surface area contributed by atoms with Crippen LogP contribution in [0.1, 0.15) is 52.1 Å². The number of hydrogen-bond donors (Lipinski definition) is 2. The number of carbonyl (C=O) groups excluding carboxylic acids is 4. The molecule has 2 saturated heterocycles. The lowest BCUT2D eigenvalue weighted by Gasteiger charge is -2.42. The van der Waals surface area contributed by atoms with Crippen LogP contribution in [-0.2, 0) is 28.7 Å². The lowest BCUT2D eigenvalue weighted by atomic mass is 9.73. The highest BCUT2D eigenvalue weighted by atomic mass is 79.9. The van der Waals surface area contributed by atoms with Crippen LogP contribution in [-0.4, -0.2) is 87.7 Å². The Morgan fingerprint density at radius 2 is 1.83 bits per heavy atom. The molecule has 5 rings (SSSR count). The minimum atomic E-state index is -1.40. The van der Waals surface area contributed by atoms with Crippen molar-refractivity contribution in [3.05, 3.63) is 58.6 Å². The van der Waals surface area contributed by atoms with Crippen LogP contribution < -0.4 is 5.32 Å². The number of cyclic esters (lactones) is 1. The maximum absolute atomic E-state index is 14.5. The fraction of sp³-hybridized carbons (Fsp3) is 0.548. The van der Waals surface area contributed by atoms with Crippen LogP contribution in [0.5, 0.6) is 0 Å². The van der Waals surface area contributed by atoms with Crippen LogP contribution in [0.4, 0.5) is 0 Å². The fourth-order valence-corrected chi connectivity index (χ4v) is 7.30. The predicted octanol–water partition coefficient (Wildman–Crippen LogP) is 2.62. The molecule has 0 unspecified atom stereocenters. The van der Waals surface area contributed by atoms with E-state index in [9.17, 15) is 24.3 Å². The van der Waals surface area contributed by atoms with Gasteiger partial charge in [-0.1, -0.05) is 58.4 Å². The topological polar surface area (TPSA) is 125 Å². The first kappa shape index (κ1) is 30.4. The summed E-state index contributed by atoms with van der Waals surface area (Å²) in [4.78, 5) is 58.5. The first-order valence-corrected chi connectivity index (χ1v) is 15.2. The quantitative estimate of drug-likeness (QED) is 0.383. The zero-order valence-electron chi connectivity index (χ0n) is 24.3. The largest absolute Gasteiger partial charge is 0.463 e. The minimum absolute atomic E-state index is 0.0795. The van der Waals surface area contributed by atoms with E-state index in [0.29, 0.717) is 10.9 Å². The molecule has 0 saturated carbocycles. The van der Waals surface area contributed by atoms with Gasteiger partial charge in [0.15, 0.2) is 0 Å². The number of amides is 3. The highest BCUT2D eigenvalue weighted by Gasteiger charge is 2.75. The van der Waals surface area contributed by atoms with E-state index in [2.05, 4.69) is 21.2 Å². The van der Waals surface area contributed by atoms with Gasteiger partial charge in [0.1, 0.15) is 24.4 Å². The SMILES string of the molecule is C[C@H](CO)N1C(=O)[C@@H]2[C@H]3C(=O)N[C@@H](c4ccccc4)COC(=O)CC/C=C\CN(C(C)(C)C)C(=O)[C@@H]1[C@]21C=C(Br)[C@H]3O1. The first-order valence-electron chi connectivity index (χ1n) is 14.4. The molecule has 2 N–H and O–H groups in total. The van der Waals surface area contributed by atoms with Gasteiger partial charge < -0.3 is 29.7 Å². The van der Waals surface area contributed by atoms with Crippen LogP contribution in [0, 0.1) is 11.8 Å². The molecular formula is C31H38BrN3O7. The number of aliphatic hydroxyl groups excluding tert-OH is 1. The number of rotatable bonds is 3. The maximum atomic E-state index is 14.5.